The van der Waals surface area contributed by atoms with Gasteiger partial charge in [-0.1, -0.05) is 0 Å². The lowest BCUT2D eigenvalue weighted by Gasteiger charge is -2.32. The van der Waals surface area contributed by atoms with E-state index in [1.165, 1.54) is 0 Å². The van der Waals surface area contributed by atoms with Gasteiger partial charge in [0, 0.05) is 26.7 Å². The predicted octanol–water partition coefficient (Wildman–Crippen LogP) is 1.59. The van der Waals surface area contributed by atoms with Gasteiger partial charge in [0.2, 0.25) is 0 Å². The molecule has 0 aliphatic carbocycles. The van der Waals surface area contributed by atoms with Crippen LogP contribution in [0.15, 0.2) is 0 Å². The fourth-order valence-electron chi connectivity index (χ4n) is 1.85. The summed E-state index contributed by atoms with van der Waals surface area (Å²) in [5.74, 6) is 0.387. The van der Waals surface area contributed by atoms with Crippen LogP contribution in [0.5, 0.6) is 0 Å². The third-order valence-corrected chi connectivity index (χ3v) is 3.06. The molecule has 0 aromatic heterocycles. The zero-order valence-electron chi connectivity index (χ0n) is 9.45. The van der Waals surface area contributed by atoms with Crippen molar-refractivity contribution in [3.63, 3.8) is 0 Å². The molecule has 0 aromatic carbocycles. The molecule has 0 aromatic rings. The fourth-order valence-corrected chi connectivity index (χ4v) is 1.85. The fraction of sp³-hybridized carbons (Fsp3) is 1.00. The molecule has 1 aliphatic rings. The van der Waals surface area contributed by atoms with Crippen LogP contribution in [-0.2, 0) is 9.47 Å². The highest BCUT2D eigenvalue weighted by Crippen LogP contribution is 2.25. The molecule has 0 saturated carbocycles. The molecule has 1 atom stereocenters. The second-order valence-corrected chi connectivity index (χ2v) is 4.69. The van der Waals surface area contributed by atoms with Crippen molar-refractivity contribution < 1.29 is 14.6 Å². The van der Waals surface area contributed by atoms with Crippen LogP contribution in [-0.4, -0.2) is 37.1 Å². The second kappa shape index (κ2) is 5.10. The third-order valence-electron chi connectivity index (χ3n) is 3.06. The van der Waals surface area contributed by atoms with Gasteiger partial charge >= 0.3 is 0 Å². The normalized spacial score (nSPS) is 22.3. The number of methoxy groups -OCH3 is 1. The SMILES string of the molecule is COC(C)(C)CC(O)C1CCOCC1. The van der Waals surface area contributed by atoms with Gasteiger partial charge in [0.1, 0.15) is 0 Å². The number of hydrogen-bond donors (Lipinski definition) is 1. The number of aliphatic hydroxyl groups excluding tert-OH is 1. The van der Waals surface area contributed by atoms with Gasteiger partial charge in [-0.2, -0.15) is 0 Å². The van der Waals surface area contributed by atoms with E-state index < -0.39 is 0 Å². The second-order valence-electron chi connectivity index (χ2n) is 4.69. The lowest BCUT2D eigenvalue weighted by Crippen LogP contribution is -2.35. The van der Waals surface area contributed by atoms with E-state index in [1.54, 1.807) is 7.11 Å². The average molecular weight is 202 g/mol. The Hall–Kier alpha value is -0.120. The summed E-state index contributed by atoms with van der Waals surface area (Å²) in [4.78, 5) is 0. The highest BCUT2D eigenvalue weighted by atomic mass is 16.5. The molecular weight excluding hydrogens is 180 g/mol. The lowest BCUT2D eigenvalue weighted by atomic mass is 9.87. The van der Waals surface area contributed by atoms with E-state index in [0.29, 0.717) is 12.3 Å². The molecule has 1 unspecified atom stereocenters. The molecule has 3 heteroatoms. The van der Waals surface area contributed by atoms with Crippen LogP contribution in [0.2, 0.25) is 0 Å². The Bertz CT molecular complexity index is 162. The van der Waals surface area contributed by atoms with Gasteiger partial charge in [-0.3, -0.25) is 0 Å². The molecule has 0 bridgehead atoms. The summed E-state index contributed by atoms with van der Waals surface area (Å²) in [5.41, 5.74) is -0.224. The molecule has 0 spiro atoms. The van der Waals surface area contributed by atoms with E-state index in [0.717, 1.165) is 26.1 Å². The lowest BCUT2D eigenvalue weighted by molar-refractivity contribution is -0.0537. The largest absolute Gasteiger partial charge is 0.393 e. The predicted molar refractivity (Wildman–Crippen MR) is 55.3 cm³/mol. The number of rotatable bonds is 4. The Morgan fingerprint density at radius 2 is 2.00 bits per heavy atom. The molecule has 1 rings (SSSR count). The Morgan fingerprint density at radius 1 is 1.43 bits per heavy atom. The molecule has 1 N–H and O–H groups in total. The van der Waals surface area contributed by atoms with E-state index in [1.807, 2.05) is 13.8 Å². The van der Waals surface area contributed by atoms with Crippen molar-refractivity contribution in [2.75, 3.05) is 20.3 Å². The first-order chi connectivity index (χ1) is 6.55. The summed E-state index contributed by atoms with van der Waals surface area (Å²) in [6.07, 6.45) is 2.39. The van der Waals surface area contributed by atoms with Crippen molar-refractivity contribution >= 4 is 0 Å². The summed E-state index contributed by atoms with van der Waals surface area (Å²) >= 11 is 0. The molecule has 1 fully saturated rings. The summed E-state index contributed by atoms with van der Waals surface area (Å²) in [6.45, 7) is 5.59. The Balaban J connectivity index is 2.36. The molecule has 1 heterocycles. The highest BCUT2D eigenvalue weighted by Gasteiger charge is 2.28. The first-order valence-electron chi connectivity index (χ1n) is 5.36. The van der Waals surface area contributed by atoms with Crippen molar-refractivity contribution in [1.82, 2.24) is 0 Å². The molecule has 1 saturated heterocycles. The number of hydrogen-bond acceptors (Lipinski definition) is 3. The zero-order valence-corrected chi connectivity index (χ0v) is 9.45. The molecule has 84 valence electrons. The van der Waals surface area contributed by atoms with E-state index >= 15 is 0 Å². The monoisotopic (exact) mass is 202 g/mol. The van der Waals surface area contributed by atoms with Crippen LogP contribution in [0.1, 0.15) is 33.1 Å². The van der Waals surface area contributed by atoms with Gasteiger partial charge in [-0.25, -0.2) is 0 Å². The molecule has 1 aliphatic heterocycles. The molecule has 0 radical (unpaired) electrons. The van der Waals surface area contributed by atoms with Crippen LogP contribution in [0.25, 0.3) is 0 Å². The average Bonchev–Trinajstić information content (AvgIpc) is 2.19. The number of aliphatic hydroxyl groups is 1. The van der Waals surface area contributed by atoms with Gasteiger partial charge in [-0.15, -0.1) is 0 Å². The topological polar surface area (TPSA) is 38.7 Å². The van der Waals surface area contributed by atoms with Crippen molar-refractivity contribution in [2.45, 2.75) is 44.8 Å². The van der Waals surface area contributed by atoms with E-state index in [-0.39, 0.29) is 11.7 Å². The minimum absolute atomic E-state index is 0.224. The maximum absolute atomic E-state index is 10.0. The first-order valence-corrected chi connectivity index (χ1v) is 5.36. The summed E-state index contributed by atoms with van der Waals surface area (Å²) in [7, 11) is 1.69. The smallest absolute Gasteiger partial charge is 0.0647 e. The van der Waals surface area contributed by atoms with Gasteiger partial charge in [0.15, 0.2) is 0 Å². The summed E-state index contributed by atoms with van der Waals surface area (Å²) in [5, 5.41) is 10.0. The Labute approximate surface area is 86.4 Å². The Morgan fingerprint density at radius 3 is 2.50 bits per heavy atom. The van der Waals surface area contributed by atoms with Gasteiger partial charge in [0.25, 0.3) is 0 Å². The maximum Gasteiger partial charge on any atom is 0.0647 e. The van der Waals surface area contributed by atoms with Gasteiger partial charge in [0.05, 0.1) is 11.7 Å². The summed E-state index contributed by atoms with van der Waals surface area (Å²) in [6, 6.07) is 0. The van der Waals surface area contributed by atoms with Crippen LogP contribution in [0.3, 0.4) is 0 Å². The maximum atomic E-state index is 10.0. The summed E-state index contributed by atoms with van der Waals surface area (Å²) < 4.78 is 10.6. The van der Waals surface area contributed by atoms with Crippen molar-refractivity contribution in [3.05, 3.63) is 0 Å². The number of ether oxygens (including phenoxy) is 2. The van der Waals surface area contributed by atoms with Crippen molar-refractivity contribution in [3.8, 4) is 0 Å². The van der Waals surface area contributed by atoms with Crippen molar-refractivity contribution in [1.29, 1.82) is 0 Å². The molecule has 0 amide bonds. The van der Waals surface area contributed by atoms with E-state index in [4.69, 9.17) is 9.47 Å². The van der Waals surface area contributed by atoms with Crippen LogP contribution >= 0.6 is 0 Å². The van der Waals surface area contributed by atoms with E-state index in [2.05, 4.69) is 0 Å². The molecule has 14 heavy (non-hydrogen) atoms. The molecule has 3 nitrogen and oxygen atoms in total. The molecular formula is C11H22O3. The minimum Gasteiger partial charge on any atom is -0.393 e. The van der Waals surface area contributed by atoms with Crippen molar-refractivity contribution in [2.24, 2.45) is 5.92 Å². The van der Waals surface area contributed by atoms with Crippen LogP contribution in [0, 0.1) is 5.92 Å². The quantitative estimate of drug-likeness (QED) is 0.752. The standard InChI is InChI=1S/C11H22O3/c1-11(2,13-3)8-10(12)9-4-6-14-7-5-9/h9-10,12H,4-8H2,1-3H3. The zero-order chi connectivity index (χ0) is 10.6. The Kier molecular flexibility index (Phi) is 4.35. The highest BCUT2D eigenvalue weighted by molar-refractivity contribution is 4.79. The first kappa shape index (κ1) is 12.0. The minimum atomic E-state index is -0.256. The van der Waals surface area contributed by atoms with E-state index in [9.17, 15) is 5.11 Å². The van der Waals surface area contributed by atoms with Gasteiger partial charge < -0.3 is 14.6 Å². The van der Waals surface area contributed by atoms with Crippen LogP contribution in [0.4, 0.5) is 0 Å². The third kappa shape index (κ3) is 3.56. The van der Waals surface area contributed by atoms with Crippen LogP contribution < -0.4 is 0 Å². The van der Waals surface area contributed by atoms with Gasteiger partial charge in [-0.05, 0) is 32.6 Å².